The number of hydrogen-bond donors (Lipinski definition) is 3. The number of para-hydroxylation sites is 1. The van der Waals surface area contributed by atoms with Crippen LogP contribution in [0.3, 0.4) is 0 Å². The second-order valence-electron chi connectivity index (χ2n) is 8.51. The number of ether oxygens (including phenoxy) is 2. The van der Waals surface area contributed by atoms with Crippen LogP contribution in [0.15, 0.2) is 47.4 Å². The normalized spacial score (nSPS) is 12.7. The van der Waals surface area contributed by atoms with Gasteiger partial charge in [-0.1, -0.05) is 24.0 Å². The standard InChI is InChI=1S/C23H25F3N2O7S2/c1-22(2,3)11-10-16-8-9-17(14-19(16)35-13-12-34-15-23(24,25)26)21(29)28-37(32,33)20-7-5-4-6-18(20)27-36(30)31/h4-9,14,27H,12-13,15H2,1-3H3,(H,28,29)(H,30,31). The van der Waals surface area contributed by atoms with Gasteiger partial charge in [-0.05, 0) is 51.1 Å². The molecule has 2 aromatic carbocycles. The third-order valence-corrected chi connectivity index (χ3v) is 5.95. The topological polar surface area (TPSA) is 131 Å². The number of anilines is 1. The summed E-state index contributed by atoms with van der Waals surface area (Å²) < 4.78 is 96.4. The lowest BCUT2D eigenvalue weighted by Crippen LogP contribution is -2.31. The number of halogens is 3. The van der Waals surface area contributed by atoms with Crippen LogP contribution in [0.2, 0.25) is 0 Å². The molecule has 202 valence electrons. The first-order valence-electron chi connectivity index (χ1n) is 10.6. The molecular weight excluding hydrogens is 537 g/mol. The molecular formula is C23H25F3N2O7S2. The molecule has 3 N–H and O–H groups in total. The van der Waals surface area contributed by atoms with Crippen molar-refractivity contribution in [3.05, 3.63) is 53.6 Å². The first-order valence-corrected chi connectivity index (χ1v) is 13.1. The molecule has 0 bridgehead atoms. The predicted octanol–water partition coefficient (Wildman–Crippen LogP) is 3.71. The Hall–Kier alpha value is -3.12. The fourth-order valence-corrected chi connectivity index (χ4v) is 4.22. The lowest BCUT2D eigenvalue weighted by Gasteiger charge is -2.14. The summed E-state index contributed by atoms with van der Waals surface area (Å²) in [6.45, 7) is 3.44. The molecule has 1 unspecified atom stereocenters. The molecule has 1 atom stereocenters. The Bertz CT molecular complexity index is 1310. The maximum atomic E-state index is 12.8. The van der Waals surface area contributed by atoms with Gasteiger partial charge in [-0.15, -0.1) is 0 Å². The number of hydrogen-bond acceptors (Lipinski definition) is 6. The molecule has 0 aliphatic rings. The summed E-state index contributed by atoms with van der Waals surface area (Å²) >= 11 is -2.56. The van der Waals surface area contributed by atoms with Crippen molar-refractivity contribution in [2.45, 2.75) is 31.8 Å². The first kappa shape index (κ1) is 30.1. The summed E-state index contributed by atoms with van der Waals surface area (Å²) in [6.07, 6.45) is -4.49. The van der Waals surface area contributed by atoms with Crippen LogP contribution in [0, 0.1) is 17.3 Å². The molecule has 0 saturated heterocycles. The van der Waals surface area contributed by atoms with E-state index >= 15 is 0 Å². The minimum atomic E-state index is -4.49. The van der Waals surface area contributed by atoms with E-state index in [9.17, 15) is 30.6 Å². The third-order valence-electron chi connectivity index (χ3n) is 4.17. The summed E-state index contributed by atoms with van der Waals surface area (Å²) in [5.74, 6) is 4.84. The van der Waals surface area contributed by atoms with Crippen molar-refractivity contribution < 1.29 is 44.6 Å². The number of alkyl halides is 3. The van der Waals surface area contributed by atoms with E-state index in [1.165, 1.54) is 36.4 Å². The maximum absolute atomic E-state index is 12.8. The summed E-state index contributed by atoms with van der Waals surface area (Å²) in [5, 5.41) is 0. The van der Waals surface area contributed by atoms with E-state index in [1.54, 1.807) is 0 Å². The minimum absolute atomic E-state index is 0.0372. The van der Waals surface area contributed by atoms with E-state index < -0.39 is 56.9 Å². The summed E-state index contributed by atoms with van der Waals surface area (Å²) in [4.78, 5) is 12.3. The highest BCUT2D eigenvalue weighted by Crippen LogP contribution is 2.24. The number of nitrogens with one attached hydrogen (secondary N) is 2. The zero-order valence-electron chi connectivity index (χ0n) is 20.0. The summed E-state index contributed by atoms with van der Waals surface area (Å²) in [6, 6.07) is 9.08. The fourth-order valence-electron chi connectivity index (χ4n) is 2.65. The van der Waals surface area contributed by atoms with Gasteiger partial charge in [0.15, 0.2) is 0 Å². The first-order chi connectivity index (χ1) is 17.1. The van der Waals surface area contributed by atoms with Crippen molar-refractivity contribution in [2.24, 2.45) is 5.41 Å². The van der Waals surface area contributed by atoms with Crippen molar-refractivity contribution >= 4 is 32.9 Å². The van der Waals surface area contributed by atoms with E-state index in [1.807, 2.05) is 25.5 Å². The fraction of sp³-hybridized carbons (Fsp3) is 0.348. The van der Waals surface area contributed by atoms with Crippen molar-refractivity contribution in [3.63, 3.8) is 0 Å². The van der Waals surface area contributed by atoms with Crippen molar-refractivity contribution in [3.8, 4) is 17.6 Å². The number of sulfonamides is 1. The highest BCUT2D eigenvalue weighted by Gasteiger charge is 2.27. The van der Waals surface area contributed by atoms with Gasteiger partial charge in [-0.2, -0.15) is 13.2 Å². The van der Waals surface area contributed by atoms with Gasteiger partial charge in [0.25, 0.3) is 27.2 Å². The minimum Gasteiger partial charge on any atom is -0.490 e. The number of amides is 1. The molecule has 2 rings (SSSR count). The van der Waals surface area contributed by atoms with Crippen LogP contribution in [0.25, 0.3) is 0 Å². The molecule has 37 heavy (non-hydrogen) atoms. The average molecular weight is 563 g/mol. The van der Waals surface area contributed by atoms with Crippen LogP contribution < -0.4 is 14.2 Å². The molecule has 0 saturated carbocycles. The van der Waals surface area contributed by atoms with E-state index in [-0.39, 0.29) is 23.6 Å². The second-order valence-corrected chi connectivity index (χ2v) is 10.9. The Morgan fingerprint density at radius 1 is 1.11 bits per heavy atom. The van der Waals surface area contributed by atoms with Crippen molar-refractivity contribution in [1.82, 2.24) is 4.72 Å². The van der Waals surface area contributed by atoms with Gasteiger partial charge in [0.1, 0.15) is 23.9 Å². The predicted molar refractivity (Wildman–Crippen MR) is 131 cm³/mol. The summed E-state index contributed by atoms with van der Waals surface area (Å²) in [7, 11) is -4.48. The quantitative estimate of drug-likeness (QED) is 0.229. The molecule has 0 spiro atoms. The zero-order valence-corrected chi connectivity index (χ0v) is 21.6. The van der Waals surface area contributed by atoms with E-state index in [4.69, 9.17) is 9.29 Å². The third kappa shape index (κ3) is 10.4. The molecule has 14 heteroatoms. The lowest BCUT2D eigenvalue weighted by atomic mass is 9.97. The molecule has 0 aliphatic heterocycles. The summed E-state index contributed by atoms with van der Waals surface area (Å²) in [5.41, 5.74) is -0.423. The average Bonchev–Trinajstić information content (AvgIpc) is 2.76. The lowest BCUT2D eigenvalue weighted by molar-refractivity contribution is -0.175. The van der Waals surface area contributed by atoms with Crippen LogP contribution in [0.5, 0.6) is 5.75 Å². The Morgan fingerprint density at radius 2 is 1.78 bits per heavy atom. The van der Waals surface area contributed by atoms with E-state index in [0.717, 1.165) is 6.07 Å². The monoisotopic (exact) mass is 562 g/mol. The molecule has 9 nitrogen and oxygen atoms in total. The maximum Gasteiger partial charge on any atom is 0.411 e. The second kappa shape index (κ2) is 12.4. The molecule has 0 heterocycles. The Labute approximate surface area is 215 Å². The van der Waals surface area contributed by atoms with Gasteiger partial charge >= 0.3 is 6.18 Å². The van der Waals surface area contributed by atoms with Gasteiger partial charge < -0.3 is 9.47 Å². The molecule has 1 amide bonds. The van der Waals surface area contributed by atoms with Crippen LogP contribution in [0.4, 0.5) is 18.9 Å². The Balaban J connectivity index is 2.29. The number of carbonyl (C=O) groups is 1. The SMILES string of the molecule is CC(C)(C)C#Cc1ccc(C(=O)NS(=O)(=O)c2ccccc2NS(=O)O)cc1OCCOCC(F)(F)F. The van der Waals surface area contributed by atoms with E-state index in [2.05, 4.69) is 21.3 Å². The molecule has 2 aromatic rings. The van der Waals surface area contributed by atoms with Gasteiger partial charge in [0.05, 0.1) is 17.9 Å². The van der Waals surface area contributed by atoms with Crippen LogP contribution >= 0.6 is 0 Å². The Morgan fingerprint density at radius 3 is 2.41 bits per heavy atom. The van der Waals surface area contributed by atoms with Gasteiger partial charge in [0, 0.05) is 11.0 Å². The van der Waals surface area contributed by atoms with Crippen LogP contribution in [-0.2, 0) is 26.0 Å². The Kier molecular flexibility index (Phi) is 10.1. The van der Waals surface area contributed by atoms with Crippen LogP contribution in [-0.4, -0.2) is 49.1 Å². The van der Waals surface area contributed by atoms with Gasteiger partial charge in [0.2, 0.25) is 0 Å². The smallest absolute Gasteiger partial charge is 0.411 e. The number of benzene rings is 2. The largest absolute Gasteiger partial charge is 0.490 e. The number of rotatable bonds is 10. The number of carbonyl (C=O) groups excluding carboxylic acids is 1. The van der Waals surface area contributed by atoms with Crippen LogP contribution in [0.1, 0.15) is 36.7 Å². The van der Waals surface area contributed by atoms with Gasteiger partial charge in [-0.25, -0.2) is 17.3 Å². The highest BCUT2D eigenvalue weighted by molar-refractivity contribution is 7.90. The van der Waals surface area contributed by atoms with Gasteiger partial charge in [-0.3, -0.25) is 14.1 Å². The molecule has 0 aliphatic carbocycles. The van der Waals surface area contributed by atoms with E-state index in [0.29, 0.717) is 5.56 Å². The van der Waals surface area contributed by atoms with Crippen molar-refractivity contribution in [2.75, 3.05) is 24.5 Å². The zero-order chi connectivity index (χ0) is 27.9. The molecule has 0 fully saturated rings. The molecule has 0 radical (unpaired) electrons. The van der Waals surface area contributed by atoms with Crippen molar-refractivity contribution in [1.29, 1.82) is 0 Å². The highest BCUT2D eigenvalue weighted by atomic mass is 32.2. The molecule has 0 aromatic heterocycles.